The standard InChI is InChI=1S/C25H22N2O7/c1-16-11-21(17(2)26(16)13-19-5-9-23-24(12-19)34-15-33-23)22(28)14-32-25(29)10-6-18-3-7-20(8-4-18)27(30)31/h3-12H,13-15H2,1-2H3. The summed E-state index contributed by atoms with van der Waals surface area (Å²) in [6.45, 7) is 4.14. The largest absolute Gasteiger partial charge is 0.454 e. The number of nitrogens with zero attached hydrogens (tertiary/aromatic N) is 2. The molecule has 34 heavy (non-hydrogen) atoms. The summed E-state index contributed by atoms with van der Waals surface area (Å²) in [7, 11) is 0. The van der Waals surface area contributed by atoms with Crippen molar-refractivity contribution in [1.29, 1.82) is 0 Å². The van der Waals surface area contributed by atoms with E-state index in [9.17, 15) is 19.7 Å². The molecule has 0 unspecified atom stereocenters. The number of carbonyl (C=O) groups is 2. The molecular weight excluding hydrogens is 440 g/mol. The molecule has 0 bridgehead atoms. The predicted octanol–water partition coefficient (Wildman–Crippen LogP) is 4.23. The van der Waals surface area contributed by atoms with Crippen molar-refractivity contribution < 1.29 is 28.7 Å². The van der Waals surface area contributed by atoms with Gasteiger partial charge in [0, 0.05) is 41.7 Å². The molecule has 9 heteroatoms. The number of hydrogen-bond acceptors (Lipinski definition) is 7. The maximum absolute atomic E-state index is 12.7. The molecule has 0 radical (unpaired) electrons. The van der Waals surface area contributed by atoms with Gasteiger partial charge in [-0.3, -0.25) is 14.9 Å². The Morgan fingerprint density at radius 3 is 2.56 bits per heavy atom. The molecule has 174 valence electrons. The smallest absolute Gasteiger partial charge is 0.331 e. The van der Waals surface area contributed by atoms with Gasteiger partial charge in [-0.25, -0.2) is 4.79 Å². The molecule has 1 aromatic heterocycles. The Balaban J connectivity index is 1.36. The van der Waals surface area contributed by atoms with Crippen LogP contribution in [0.5, 0.6) is 11.5 Å². The SMILES string of the molecule is Cc1cc(C(=O)COC(=O)C=Cc2ccc([N+](=O)[O-])cc2)c(C)n1Cc1ccc2c(c1)OCO2. The molecule has 2 heterocycles. The Bertz CT molecular complexity index is 1290. The van der Waals surface area contributed by atoms with Crippen LogP contribution in [0.25, 0.3) is 6.08 Å². The Hall–Kier alpha value is -4.40. The van der Waals surface area contributed by atoms with Gasteiger partial charge in [-0.05, 0) is 61.4 Å². The van der Waals surface area contributed by atoms with E-state index >= 15 is 0 Å². The number of ketones is 1. The summed E-state index contributed by atoms with van der Waals surface area (Å²) in [5.74, 6) is 0.429. The number of ether oxygens (including phenoxy) is 3. The molecule has 0 atom stereocenters. The van der Waals surface area contributed by atoms with Crippen LogP contribution in [0.1, 0.15) is 32.9 Å². The van der Waals surface area contributed by atoms with Crippen LogP contribution in [0.3, 0.4) is 0 Å². The first-order valence-corrected chi connectivity index (χ1v) is 10.5. The number of Topliss-reactive ketones (excluding diaryl/α,β-unsaturated/α-hetero) is 1. The van der Waals surface area contributed by atoms with Crippen molar-refractivity contribution in [1.82, 2.24) is 4.57 Å². The summed E-state index contributed by atoms with van der Waals surface area (Å²) >= 11 is 0. The number of aryl methyl sites for hydroxylation is 1. The van der Waals surface area contributed by atoms with Crippen molar-refractivity contribution in [3.05, 3.63) is 92.8 Å². The molecule has 9 nitrogen and oxygen atoms in total. The van der Waals surface area contributed by atoms with Crippen LogP contribution in [0.2, 0.25) is 0 Å². The predicted molar refractivity (Wildman–Crippen MR) is 123 cm³/mol. The van der Waals surface area contributed by atoms with Gasteiger partial charge in [0.05, 0.1) is 4.92 Å². The van der Waals surface area contributed by atoms with Gasteiger partial charge >= 0.3 is 5.97 Å². The van der Waals surface area contributed by atoms with E-state index in [0.29, 0.717) is 29.2 Å². The lowest BCUT2D eigenvalue weighted by atomic mass is 10.1. The monoisotopic (exact) mass is 462 g/mol. The van der Waals surface area contributed by atoms with Gasteiger partial charge in [-0.2, -0.15) is 0 Å². The summed E-state index contributed by atoms with van der Waals surface area (Å²) < 4.78 is 17.9. The molecule has 3 aromatic rings. The summed E-state index contributed by atoms with van der Waals surface area (Å²) in [5.41, 5.74) is 3.74. The van der Waals surface area contributed by atoms with Crippen LogP contribution in [0.15, 0.2) is 54.6 Å². The molecule has 2 aromatic carbocycles. The summed E-state index contributed by atoms with van der Waals surface area (Å²) in [5, 5.41) is 10.7. The molecular formula is C25H22N2O7. The maximum Gasteiger partial charge on any atom is 0.331 e. The second-order valence-corrected chi connectivity index (χ2v) is 7.77. The lowest BCUT2D eigenvalue weighted by Gasteiger charge is -2.10. The van der Waals surface area contributed by atoms with Crippen LogP contribution in [0, 0.1) is 24.0 Å². The second kappa shape index (κ2) is 9.62. The molecule has 4 rings (SSSR count). The topological polar surface area (TPSA) is 110 Å². The Labute approximate surface area is 195 Å². The van der Waals surface area contributed by atoms with Gasteiger partial charge in [0.15, 0.2) is 18.1 Å². The fourth-order valence-electron chi connectivity index (χ4n) is 3.68. The average molecular weight is 462 g/mol. The number of hydrogen-bond donors (Lipinski definition) is 0. The van der Waals surface area contributed by atoms with Crippen LogP contribution >= 0.6 is 0 Å². The first-order chi connectivity index (χ1) is 16.3. The van der Waals surface area contributed by atoms with E-state index in [2.05, 4.69) is 0 Å². The van der Waals surface area contributed by atoms with E-state index < -0.39 is 17.5 Å². The van der Waals surface area contributed by atoms with Crippen LogP contribution in [-0.4, -0.2) is 34.6 Å². The fourth-order valence-corrected chi connectivity index (χ4v) is 3.68. The van der Waals surface area contributed by atoms with E-state index in [0.717, 1.165) is 17.0 Å². The Kier molecular flexibility index (Phi) is 6.44. The normalized spacial score (nSPS) is 12.2. The lowest BCUT2D eigenvalue weighted by Crippen LogP contribution is -2.13. The number of aromatic nitrogens is 1. The molecule has 0 saturated carbocycles. The third kappa shape index (κ3) is 4.98. The Morgan fingerprint density at radius 2 is 1.82 bits per heavy atom. The van der Waals surface area contributed by atoms with Crippen LogP contribution in [0.4, 0.5) is 5.69 Å². The number of rotatable bonds is 8. The second-order valence-electron chi connectivity index (χ2n) is 7.77. The van der Waals surface area contributed by atoms with Gasteiger partial charge in [-0.1, -0.05) is 6.07 Å². The van der Waals surface area contributed by atoms with Crippen molar-refractivity contribution in [2.24, 2.45) is 0 Å². The van der Waals surface area contributed by atoms with Crippen molar-refractivity contribution >= 4 is 23.5 Å². The molecule has 0 saturated heterocycles. The van der Waals surface area contributed by atoms with Crippen molar-refractivity contribution in [3.8, 4) is 11.5 Å². The van der Waals surface area contributed by atoms with E-state index in [-0.39, 0.29) is 18.3 Å². The van der Waals surface area contributed by atoms with Gasteiger partial charge in [0.2, 0.25) is 12.6 Å². The average Bonchev–Trinajstić information content (AvgIpc) is 3.41. The zero-order valence-corrected chi connectivity index (χ0v) is 18.6. The summed E-state index contributed by atoms with van der Waals surface area (Å²) in [6.07, 6.45) is 2.64. The van der Waals surface area contributed by atoms with E-state index in [1.165, 1.54) is 36.4 Å². The minimum Gasteiger partial charge on any atom is -0.454 e. The van der Waals surface area contributed by atoms with Crippen LogP contribution < -0.4 is 9.47 Å². The summed E-state index contributed by atoms with van der Waals surface area (Å²) in [4.78, 5) is 34.9. The van der Waals surface area contributed by atoms with E-state index in [1.54, 1.807) is 6.07 Å². The highest BCUT2D eigenvalue weighted by Crippen LogP contribution is 2.33. The van der Waals surface area contributed by atoms with Gasteiger partial charge in [0.25, 0.3) is 5.69 Å². The number of nitro groups is 1. The first-order valence-electron chi connectivity index (χ1n) is 10.5. The molecule has 0 amide bonds. The number of esters is 1. The highest BCUT2D eigenvalue weighted by molar-refractivity contribution is 6.00. The number of benzene rings is 2. The van der Waals surface area contributed by atoms with Crippen LogP contribution in [-0.2, 0) is 16.1 Å². The molecule has 1 aliphatic rings. The number of non-ortho nitro benzene ring substituents is 1. The zero-order valence-electron chi connectivity index (χ0n) is 18.6. The van der Waals surface area contributed by atoms with Crippen molar-refractivity contribution in [3.63, 3.8) is 0 Å². The van der Waals surface area contributed by atoms with Gasteiger partial charge in [0.1, 0.15) is 0 Å². The zero-order chi connectivity index (χ0) is 24.2. The molecule has 0 spiro atoms. The number of carbonyl (C=O) groups excluding carboxylic acids is 2. The maximum atomic E-state index is 12.7. The van der Waals surface area contributed by atoms with Gasteiger partial charge < -0.3 is 18.8 Å². The number of nitro benzene ring substituents is 1. The summed E-state index contributed by atoms with van der Waals surface area (Å²) in [6, 6.07) is 13.2. The quantitative estimate of drug-likeness (QED) is 0.162. The Morgan fingerprint density at radius 1 is 1.09 bits per heavy atom. The fraction of sp³-hybridized carbons (Fsp3) is 0.200. The third-order valence-electron chi connectivity index (χ3n) is 5.51. The molecule has 0 aliphatic carbocycles. The number of fused-ring (bicyclic) bond motifs is 1. The van der Waals surface area contributed by atoms with Crippen molar-refractivity contribution in [2.45, 2.75) is 20.4 Å². The van der Waals surface area contributed by atoms with Gasteiger partial charge in [-0.15, -0.1) is 0 Å². The molecule has 1 aliphatic heterocycles. The minimum atomic E-state index is -0.680. The first kappa shape index (κ1) is 22.8. The molecule has 0 N–H and O–H groups in total. The van der Waals surface area contributed by atoms with E-state index in [1.807, 2.05) is 36.6 Å². The molecule has 0 fully saturated rings. The van der Waals surface area contributed by atoms with E-state index in [4.69, 9.17) is 14.2 Å². The minimum absolute atomic E-state index is 0.0403. The third-order valence-corrected chi connectivity index (χ3v) is 5.51. The highest BCUT2D eigenvalue weighted by atomic mass is 16.7. The van der Waals surface area contributed by atoms with Crippen molar-refractivity contribution in [2.75, 3.05) is 13.4 Å². The lowest BCUT2D eigenvalue weighted by molar-refractivity contribution is -0.384. The highest BCUT2D eigenvalue weighted by Gasteiger charge is 2.18.